The van der Waals surface area contributed by atoms with Gasteiger partial charge < -0.3 is 10.4 Å². The zero-order chi connectivity index (χ0) is 15.6. The van der Waals surface area contributed by atoms with Crippen molar-refractivity contribution in [3.8, 4) is 0 Å². The Balaban J connectivity index is 2.24. The van der Waals surface area contributed by atoms with Crippen LogP contribution in [0, 0.1) is 6.92 Å². The number of aromatic carboxylic acids is 1. The Kier molecular flexibility index (Phi) is 3.98. The summed E-state index contributed by atoms with van der Waals surface area (Å²) in [5, 5.41) is 12.2. The molecular formula is C17H20N2O2. The number of nitrogens with zero attached hydrogens (tertiary/aromatic N) is 1. The summed E-state index contributed by atoms with van der Waals surface area (Å²) >= 11 is 0. The maximum absolute atomic E-state index is 11.1. The normalized spacial score (nSPS) is 11.2. The first-order chi connectivity index (χ1) is 9.75. The highest BCUT2D eigenvalue weighted by Gasteiger charge is 2.13. The van der Waals surface area contributed by atoms with E-state index in [1.807, 2.05) is 12.1 Å². The van der Waals surface area contributed by atoms with E-state index >= 15 is 0 Å². The van der Waals surface area contributed by atoms with Crippen LogP contribution in [0.4, 0.5) is 11.5 Å². The molecular weight excluding hydrogens is 264 g/mol. The molecule has 4 nitrogen and oxygen atoms in total. The van der Waals surface area contributed by atoms with Gasteiger partial charge in [-0.2, -0.15) is 0 Å². The highest BCUT2D eigenvalue weighted by molar-refractivity contribution is 5.88. The van der Waals surface area contributed by atoms with Gasteiger partial charge in [0.05, 0.1) is 5.56 Å². The number of anilines is 2. The van der Waals surface area contributed by atoms with Gasteiger partial charge >= 0.3 is 5.97 Å². The predicted molar refractivity (Wildman–Crippen MR) is 84.4 cm³/mol. The molecule has 0 radical (unpaired) electrons. The molecule has 1 heterocycles. The van der Waals surface area contributed by atoms with E-state index in [-0.39, 0.29) is 11.0 Å². The van der Waals surface area contributed by atoms with Gasteiger partial charge in [0.2, 0.25) is 0 Å². The molecule has 0 aliphatic carbocycles. The maximum Gasteiger partial charge on any atom is 0.335 e. The maximum atomic E-state index is 11.1. The number of aryl methyl sites for hydroxylation is 1. The Labute approximate surface area is 124 Å². The number of nitrogens with one attached hydrogen (secondary N) is 1. The summed E-state index contributed by atoms with van der Waals surface area (Å²) in [5.74, 6) is -0.414. The lowest BCUT2D eigenvalue weighted by atomic mass is 9.87. The number of hydrogen-bond acceptors (Lipinski definition) is 3. The second-order valence-corrected chi connectivity index (χ2v) is 6.14. The number of carboxylic acids is 1. The monoisotopic (exact) mass is 284 g/mol. The third-order valence-corrected chi connectivity index (χ3v) is 3.22. The average molecular weight is 284 g/mol. The van der Waals surface area contributed by atoms with Gasteiger partial charge in [-0.15, -0.1) is 0 Å². The van der Waals surface area contributed by atoms with Crippen molar-refractivity contribution in [3.05, 3.63) is 53.2 Å². The Morgan fingerprint density at radius 1 is 1.14 bits per heavy atom. The Morgan fingerprint density at radius 2 is 1.76 bits per heavy atom. The number of rotatable bonds is 3. The number of hydrogen-bond donors (Lipinski definition) is 2. The Morgan fingerprint density at radius 3 is 2.29 bits per heavy atom. The topological polar surface area (TPSA) is 62.2 Å². The van der Waals surface area contributed by atoms with Crippen molar-refractivity contribution in [1.29, 1.82) is 0 Å². The fourth-order valence-corrected chi connectivity index (χ4v) is 2.06. The van der Waals surface area contributed by atoms with E-state index in [0.717, 1.165) is 5.69 Å². The number of aromatic nitrogens is 1. The van der Waals surface area contributed by atoms with Gasteiger partial charge in [0, 0.05) is 11.4 Å². The van der Waals surface area contributed by atoms with Crippen molar-refractivity contribution in [1.82, 2.24) is 4.98 Å². The Bertz CT molecular complexity index is 655. The smallest absolute Gasteiger partial charge is 0.335 e. The van der Waals surface area contributed by atoms with Crippen LogP contribution in [0.25, 0.3) is 0 Å². The summed E-state index contributed by atoms with van der Waals surface area (Å²) in [6.07, 6.45) is 0. The van der Waals surface area contributed by atoms with E-state index in [0.29, 0.717) is 11.5 Å². The lowest BCUT2D eigenvalue weighted by Crippen LogP contribution is -2.10. The highest BCUT2D eigenvalue weighted by Crippen LogP contribution is 2.24. The van der Waals surface area contributed by atoms with Crippen molar-refractivity contribution in [2.45, 2.75) is 33.1 Å². The SMILES string of the molecule is Cc1cc(C(=O)O)cc(Nc2ccc(C(C)(C)C)cc2)n1. The average Bonchev–Trinajstić information content (AvgIpc) is 2.37. The molecule has 1 aromatic heterocycles. The van der Waals surface area contributed by atoms with E-state index in [4.69, 9.17) is 5.11 Å². The molecule has 0 aliphatic heterocycles. The van der Waals surface area contributed by atoms with Crippen LogP contribution in [0.1, 0.15) is 42.4 Å². The number of carboxylic acid groups (broad SMARTS) is 1. The first-order valence-corrected chi connectivity index (χ1v) is 6.85. The minimum absolute atomic E-state index is 0.108. The van der Waals surface area contributed by atoms with Crippen LogP contribution in [0.5, 0.6) is 0 Å². The summed E-state index contributed by atoms with van der Waals surface area (Å²) in [6, 6.07) is 11.2. The highest BCUT2D eigenvalue weighted by atomic mass is 16.4. The quantitative estimate of drug-likeness (QED) is 0.889. The van der Waals surface area contributed by atoms with E-state index in [1.165, 1.54) is 11.6 Å². The van der Waals surface area contributed by atoms with Crippen molar-refractivity contribution >= 4 is 17.5 Å². The lowest BCUT2D eigenvalue weighted by Gasteiger charge is -2.19. The van der Waals surface area contributed by atoms with Crippen molar-refractivity contribution in [3.63, 3.8) is 0 Å². The molecule has 0 aliphatic rings. The van der Waals surface area contributed by atoms with Gasteiger partial charge in [-0.3, -0.25) is 0 Å². The molecule has 2 N–H and O–H groups in total. The molecule has 0 amide bonds. The van der Waals surface area contributed by atoms with Crippen LogP contribution in [0.2, 0.25) is 0 Å². The molecule has 2 rings (SSSR count). The molecule has 0 unspecified atom stereocenters. The second kappa shape index (κ2) is 5.56. The van der Waals surface area contributed by atoms with Crippen LogP contribution in [0.15, 0.2) is 36.4 Å². The molecule has 0 spiro atoms. The molecule has 0 fully saturated rings. The van der Waals surface area contributed by atoms with Crippen LogP contribution >= 0.6 is 0 Å². The van der Waals surface area contributed by atoms with Crippen LogP contribution in [0.3, 0.4) is 0 Å². The van der Waals surface area contributed by atoms with Crippen LogP contribution in [-0.4, -0.2) is 16.1 Å². The summed E-state index contributed by atoms with van der Waals surface area (Å²) < 4.78 is 0. The summed E-state index contributed by atoms with van der Waals surface area (Å²) in [5.41, 5.74) is 3.14. The van der Waals surface area contributed by atoms with E-state index in [9.17, 15) is 4.79 Å². The standard InChI is InChI=1S/C17H20N2O2/c1-11-9-12(16(20)21)10-15(18-11)19-14-7-5-13(6-8-14)17(2,3)4/h5-10H,1-4H3,(H,18,19)(H,20,21). The molecule has 21 heavy (non-hydrogen) atoms. The molecule has 4 heteroatoms. The third kappa shape index (κ3) is 3.81. The molecule has 1 aromatic carbocycles. The van der Waals surface area contributed by atoms with Gasteiger partial charge in [-0.05, 0) is 42.2 Å². The number of carbonyl (C=O) groups is 1. The molecule has 2 aromatic rings. The lowest BCUT2D eigenvalue weighted by molar-refractivity contribution is 0.0696. The first kappa shape index (κ1) is 15.0. The van der Waals surface area contributed by atoms with Gasteiger partial charge in [-0.1, -0.05) is 32.9 Å². The largest absolute Gasteiger partial charge is 0.478 e. The van der Waals surface area contributed by atoms with Gasteiger partial charge in [0.25, 0.3) is 0 Å². The minimum atomic E-state index is -0.952. The summed E-state index contributed by atoms with van der Waals surface area (Å²) in [6.45, 7) is 8.27. The minimum Gasteiger partial charge on any atom is -0.478 e. The van der Waals surface area contributed by atoms with E-state index in [2.05, 4.69) is 43.2 Å². The predicted octanol–water partition coefficient (Wildman–Crippen LogP) is 4.13. The third-order valence-electron chi connectivity index (χ3n) is 3.22. The number of benzene rings is 1. The van der Waals surface area contributed by atoms with Crippen molar-refractivity contribution in [2.75, 3.05) is 5.32 Å². The zero-order valence-corrected chi connectivity index (χ0v) is 12.8. The Hall–Kier alpha value is -2.36. The van der Waals surface area contributed by atoms with E-state index in [1.54, 1.807) is 13.0 Å². The molecule has 0 saturated carbocycles. The summed E-state index contributed by atoms with van der Waals surface area (Å²) in [7, 11) is 0. The van der Waals surface area contributed by atoms with Crippen LogP contribution < -0.4 is 5.32 Å². The zero-order valence-electron chi connectivity index (χ0n) is 12.8. The van der Waals surface area contributed by atoms with Crippen molar-refractivity contribution < 1.29 is 9.90 Å². The molecule has 0 saturated heterocycles. The second-order valence-electron chi connectivity index (χ2n) is 6.14. The van der Waals surface area contributed by atoms with Crippen LogP contribution in [-0.2, 0) is 5.41 Å². The van der Waals surface area contributed by atoms with Gasteiger partial charge in [0.1, 0.15) is 5.82 Å². The fourth-order valence-electron chi connectivity index (χ4n) is 2.06. The first-order valence-electron chi connectivity index (χ1n) is 6.85. The molecule has 110 valence electrons. The molecule has 0 bridgehead atoms. The van der Waals surface area contributed by atoms with Gasteiger partial charge in [0.15, 0.2) is 0 Å². The summed E-state index contributed by atoms with van der Waals surface area (Å²) in [4.78, 5) is 15.4. The van der Waals surface area contributed by atoms with Gasteiger partial charge in [-0.25, -0.2) is 9.78 Å². The molecule has 0 atom stereocenters. The fraction of sp³-hybridized carbons (Fsp3) is 0.294. The van der Waals surface area contributed by atoms with E-state index < -0.39 is 5.97 Å². The van der Waals surface area contributed by atoms with Crippen molar-refractivity contribution in [2.24, 2.45) is 0 Å². The number of pyridine rings is 1.